The molecule has 1 aromatic heterocycles. The van der Waals surface area contributed by atoms with Gasteiger partial charge in [0.25, 0.3) is 20.9 Å². The molecule has 0 aliphatic carbocycles. The Morgan fingerprint density at radius 3 is 1.64 bits per heavy atom. The molecular weight excluding hydrogens is 250 g/mol. The van der Waals surface area contributed by atoms with Gasteiger partial charge in [-0.25, -0.2) is 17.2 Å². The Kier molecular flexibility index (Phi) is 2.68. The molecule has 0 amide bonds. The molecule has 1 heterocycles. The van der Waals surface area contributed by atoms with E-state index < -0.39 is 37.5 Å². The van der Waals surface area contributed by atoms with Crippen molar-refractivity contribution in [2.75, 3.05) is 0 Å². The van der Waals surface area contributed by atoms with Crippen LogP contribution in [-0.4, -0.2) is 13.4 Å². The van der Waals surface area contributed by atoms with Crippen LogP contribution in [0, 0.1) is 23.5 Å². The van der Waals surface area contributed by atoms with Gasteiger partial charge in [0, 0.05) is 10.7 Å². The lowest BCUT2D eigenvalue weighted by Gasteiger charge is -2.01. The molecule has 78 valence electrons. The minimum absolute atomic E-state index is 1.89. The number of aromatic nitrogens is 1. The number of rotatable bonds is 1. The minimum atomic E-state index is -4.91. The molecule has 0 fully saturated rings. The molecule has 0 saturated carbocycles. The highest BCUT2D eigenvalue weighted by Gasteiger charge is 2.29. The van der Waals surface area contributed by atoms with Gasteiger partial charge in [0.2, 0.25) is 11.6 Å². The average Bonchev–Trinajstić information content (AvgIpc) is 1.98. The van der Waals surface area contributed by atoms with Crippen LogP contribution in [0.25, 0.3) is 0 Å². The highest BCUT2D eigenvalue weighted by Crippen LogP contribution is 2.24. The largest absolute Gasteiger partial charge is 0.267 e. The van der Waals surface area contributed by atoms with Gasteiger partial charge in [0.1, 0.15) is 0 Å². The standard InChI is InChI=1S/C5ClF4NO2S/c6-14(12,13)3-1(7)4(9)11-5(10)2(3)8. The molecular formula is C5ClF4NO2S. The van der Waals surface area contributed by atoms with Crippen LogP contribution >= 0.6 is 10.7 Å². The van der Waals surface area contributed by atoms with Crippen molar-refractivity contribution in [1.29, 1.82) is 0 Å². The second-order valence-electron chi connectivity index (χ2n) is 2.09. The van der Waals surface area contributed by atoms with Gasteiger partial charge in [-0.05, 0) is 0 Å². The van der Waals surface area contributed by atoms with E-state index in [9.17, 15) is 26.0 Å². The van der Waals surface area contributed by atoms with E-state index in [0.29, 0.717) is 0 Å². The van der Waals surface area contributed by atoms with Crippen LogP contribution in [0.4, 0.5) is 17.6 Å². The molecule has 1 rings (SSSR count). The van der Waals surface area contributed by atoms with Gasteiger partial charge < -0.3 is 0 Å². The molecule has 0 saturated heterocycles. The summed E-state index contributed by atoms with van der Waals surface area (Å²) in [5, 5.41) is 0. The summed E-state index contributed by atoms with van der Waals surface area (Å²) < 4.78 is 70.9. The highest BCUT2D eigenvalue weighted by molar-refractivity contribution is 8.13. The van der Waals surface area contributed by atoms with Gasteiger partial charge in [-0.15, -0.1) is 0 Å². The summed E-state index contributed by atoms with van der Waals surface area (Å²) in [4.78, 5) is 0.255. The van der Waals surface area contributed by atoms with Gasteiger partial charge in [0.05, 0.1) is 0 Å². The summed E-state index contributed by atoms with van der Waals surface area (Å²) in [7, 11) is -0.363. The molecule has 0 aromatic carbocycles. The smallest absolute Gasteiger partial charge is 0.207 e. The molecule has 0 N–H and O–H groups in total. The maximum atomic E-state index is 12.6. The van der Waals surface area contributed by atoms with Gasteiger partial charge in [0.15, 0.2) is 4.90 Å². The Balaban J connectivity index is 3.74. The summed E-state index contributed by atoms with van der Waals surface area (Å²) in [5.74, 6) is -8.47. The maximum absolute atomic E-state index is 12.6. The van der Waals surface area contributed by atoms with Crippen molar-refractivity contribution in [1.82, 2.24) is 4.98 Å². The van der Waals surface area contributed by atoms with Crippen molar-refractivity contribution >= 4 is 19.7 Å². The van der Waals surface area contributed by atoms with Gasteiger partial charge in [-0.2, -0.15) is 13.8 Å². The monoisotopic (exact) mass is 249 g/mol. The molecule has 0 radical (unpaired) electrons. The first-order valence-corrected chi connectivity index (χ1v) is 5.20. The van der Waals surface area contributed by atoms with Crippen molar-refractivity contribution < 1.29 is 26.0 Å². The molecule has 9 heteroatoms. The normalized spacial score (nSPS) is 11.8. The summed E-state index contributed by atoms with van der Waals surface area (Å²) in [6, 6.07) is 0. The van der Waals surface area contributed by atoms with Crippen LogP contribution < -0.4 is 0 Å². The quantitative estimate of drug-likeness (QED) is 0.431. The van der Waals surface area contributed by atoms with E-state index in [1.807, 2.05) is 0 Å². The number of hydrogen-bond acceptors (Lipinski definition) is 3. The SMILES string of the molecule is O=S(=O)(Cl)c1c(F)c(F)nc(F)c1F. The Bertz CT molecular complexity index is 463. The van der Waals surface area contributed by atoms with Crippen LogP contribution in [0.1, 0.15) is 0 Å². The van der Waals surface area contributed by atoms with Crippen molar-refractivity contribution in [2.24, 2.45) is 0 Å². The lowest BCUT2D eigenvalue weighted by molar-refractivity contribution is 0.380. The summed E-state index contributed by atoms with van der Waals surface area (Å²) in [6.45, 7) is 0. The summed E-state index contributed by atoms with van der Waals surface area (Å²) in [5.41, 5.74) is 0. The number of halogens is 5. The Labute approximate surface area is 79.7 Å². The fraction of sp³-hybridized carbons (Fsp3) is 0. The van der Waals surface area contributed by atoms with Crippen molar-refractivity contribution in [2.45, 2.75) is 4.90 Å². The zero-order valence-electron chi connectivity index (χ0n) is 6.06. The lowest BCUT2D eigenvalue weighted by Crippen LogP contribution is -2.08. The fourth-order valence-corrected chi connectivity index (χ4v) is 1.69. The first kappa shape index (κ1) is 11.2. The third-order valence-electron chi connectivity index (χ3n) is 1.20. The average molecular weight is 250 g/mol. The third kappa shape index (κ3) is 1.80. The summed E-state index contributed by atoms with van der Waals surface area (Å²) in [6.07, 6.45) is 0. The molecule has 3 nitrogen and oxygen atoms in total. The number of pyridine rings is 1. The van der Waals surface area contributed by atoms with Gasteiger partial charge >= 0.3 is 0 Å². The Morgan fingerprint density at radius 1 is 1.00 bits per heavy atom. The van der Waals surface area contributed by atoms with Crippen LogP contribution in [0.15, 0.2) is 4.90 Å². The van der Waals surface area contributed by atoms with E-state index in [0.717, 1.165) is 0 Å². The minimum Gasteiger partial charge on any atom is -0.207 e. The summed E-state index contributed by atoms with van der Waals surface area (Å²) >= 11 is 0. The van der Waals surface area contributed by atoms with E-state index in [4.69, 9.17) is 0 Å². The zero-order chi connectivity index (χ0) is 11.1. The van der Waals surface area contributed by atoms with E-state index in [2.05, 4.69) is 15.7 Å². The van der Waals surface area contributed by atoms with Crippen molar-refractivity contribution in [3.63, 3.8) is 0 Å². The molecule has 0 unspecified atom stereocenters. The molecule has 0 atom stereocenters. The Hall–Kier alpha value is -0.890. The predicted molar refractivity (Wildman–Crippen MR) is 37.1 cm³/mol. The van der Waals surface area contributed by atoms with E-state index in [1.54, 1.807) is 0 Å². The molecule has 14 heavy (non-hydrogen) atoms. The molecule has 0 aliphatic heterocycles. The molecule has 0 bridgehead atoms. The second kappa shape index (κ2) is 3.35. The Morgan fingerprint density at radius 2 is 1.36 bits per heavy atom. The van der Waals surface area contributed by atoms with E-state index in [-0.39, 0.29) is 0 Å². The van der Waals surface area contributed by atoms with Crippen LogP contribution in [0.2, 0.25) is 0 Å². The fourth-order valence-electron chi connectivity index (χ4n) is 0.682. The van der Waals surface area contributed by atoms with Crippen LogP contribution in [0.5, 0.6) is 0 Å². The lowest BCUT2D eigenvalue weighted by atomic mass is 10.4. The van der Waals surface area contributed by atoms with Gasteiger partial charge in [-0.3, -0.25) is 0 Å². The number of hydrogen-bond donors (Lipinski definition) is 0. The van der Waals surface area contributed by atoms with Gasteiger partial charge in [-0.1, -0.05) is 0 Å². The first-order valence-electron chi connectivity index (χ1n) is 2.89. The molecule has 0 aliphatic rings. The number of nitrogens with zero attached hydrogens (tertiary/aromatic N) is 1. The van der Waals surface area contributed by atoms with E-state index in [1.165, 1.54) is 0 Å². The van der Waals surface area contributed by atoms with E-state index >= 15 is 0 Å². The molecule has 1 aromatic rings. The first-order chi connectivity index (χ1) is 6.25. The van der Waals surface area contributed by atoms with Crippen molar-refractivity contribution in [3.05, 3.63) is 23.5 Å². The maximum Gasteiger partial charge on any atom is 0.267 e. The topological polar surface area (TPSA) is 47.0 Å². The van der Waals surface area contributed by atoms with Crippen LogP contribution in [0.3, 0.4) is 0 Å². The predicted octanol–water partition coefficient (Wildman–Crippen LogP) is 1.57. The third-order valence-corrected chi connectivity index (χ3v) is 2.51. The second-order valence-corrected chi connectivity index (χ2v) is 4.59. The van der Waals surface area contributed by atoms with Crippen molar-refractivity contribution in [3.8, 4) is 0 Å². The van der Waals surface area contributed by atoms with Crippen LogP contribution in [-0.2, 0) is 9.05 Å². The molecule has 0 spiro atoms. The highest BCUT2D eigenvalue weighted by atomic mass is 35.7. The zero-order valence-corrected chi connectivity index (χ0v) is 7.63.